The van der Waals surface area contributed by atoms with E-state index < -0.39 is 0 Å². The van der Waals surface area contributed by atoms with Crippen molar-refractivity contribution in [3.8, 4) is 0 Å². The lowest BCUT2D eigenvalue weighted by molar-refractivity contribution is -0.119. The molecule has 28 heavy (non-hydrogen) atoms. The lowest BCUT2D eigenvalue weighted by Crippen LogP contribution is -2.26. The molecule has 0 aliphatic heterocycles. The second kappa shape index (κ2) is 8.11. The number of amides is 1. The molecule has 4 aromatic carbocycles. The molecule has 0 saturated carbocycles. The Morgan fingerprint density at radius 1 is 0.893 bits per heavy atom. The van der Waals surface area contributed by atoms with Crippen molar-refractivity contribution in [2.24, 2.45) is 5.10 Å². The summed E-state index contributed by atoms with van der Waals surface area (Å²) in [6, 6.07) is 25.7. The highest BCUT2D eigenvalue weighted by Crippen LogP contribution is 2.27. The van der Waals surface area contributed by atoms with Crippen LogP contribution < -0.4 is 10.7 Å². The summed E-state index contributed by atoms with van der Waals surface area (Å²) in [5.41, 5.74) is 4.27. The van der Waals surface area contributed by atoms with E-state index in [-0.39, 0.29) is 12.5 Å². The number of carbonyl (C=O) groups excluding carboxylic acids is 1. The largest absolute Gasteiger partial charge is 0.375 e. The Kier molecular flexibility index (Phi) is 5.22. The first-order chi connectivity index (χ1) is 13.7. The smallest absolute Gasteiger partial charge is 0.259 e. The molecule has 0 spiro atoms. The standard InChI is InChI=1S/C23H18ClN3O/c24-21-11-5-6-12-22(21)25-15-23(28)27-26-14-20-18-9-3-1-7-16(18)13-17-8-2-4-10-19(17)20/h1-14,25H,15H2,(H,27,28)/b26-14-. The number of carbonyl (C=O) groups is 1. The van der Waals surface area contributed by atoms with Gasteiger partial charge in [0.2, 0.25) is 0 Å². The van der Waals surface area contributed by atoms with Crippen LogP contribution in [-0.4, -0.2) is 18.7 Å². The molecule has 0 atom stereocenters. The average Bonchev–Trinajstić information content (AvgIpc) is 2.72. The van der Waals surface area contributed by atoms with Crippen molar-refractivity contribution in [2.45, 2.75) is 0 Å². The van der Waals surface area contributed by atoms with Crippen LogP contribution in [0, 0.1) is 0 Å². The molecule has 138 valence electrons. The molecular weight excluding hydrogens is 370 g/mol. The maximum Gasteiger partial charge on any atom is 0.259 e. The van der Waals surface area contributed by atoms with Gasteiger partial charge in [-0.25, -0.2) is 5.43 Å². The minimum atomic E-state index is -0.249. The van der Waals surface area contributed by atoms with Crippen molar-refractivity contribution >= 4 is 51.0 Å². The van der Waals surface area contributed by atoms with Crippen LogP contribution >= 0.6 is 11.6 Å². The molecule has 4 aromatic rings. The van der Waals surface area contributed by atoms with Crippen LogP contribution in [0.25, 0.3) is 21.5 Å². The van der Waals surface area contributed by atoms with Crippen LogP contribution in [0.1, 0.15) is 5.56 Å². The van der Waals surface area contributed by atoms with E-state index in [2.05, 4.69) is 46.2 Å². The number of rotatable bonds is 5. The minimum Gasteiger partial charge on any atom is -0.375 e. The number of benzene rings is 4. The van der Waals surface area contributed by atoms with Gasteiger partial charge in [-0.3, -0.25) is 4.79 Å². The maximum atomic E-state index is 12.1. The maximum absolute atomic E-state index is 12.1. The highest BCUT2D eigenvalue weighted by molar-refractivity contribution is 6.33. The molecular formula is C23H18ClN3O. The summed E-state index contributed by atoms with van der Waals surface area (Å²) in [6.07, 6.45) is 1.71. The summed E-state index contributed by atoms with van der Waals surface area (Å²) >= 11 is 6.08. The number of hydrogen-bond acceptors (Lipinski definition) is 3. The normalized spacial score (nSPS) is 11.2. The fourth-order valence-corrected chi connectivity index (χ4v) is 3.38. The van der Waals surface area contributed by atoms with E-state index in [1.165, 1.54) is 0 Å². The molecule has 0 aliphatic carbocycles. The van der Waals surface area contributed by atoms with Gasteiger partial charge in [-0.05, 0) is 39.7 Å². The molecule has 4 nitrogen and oxygen atoms in total. The van der Waals surface area contributed by atoms with Crippen LogP contribution in [0.5, 0.6) is 0 Å². The third kappa shape index (κ3) is 3.82. The van der Waals surface area contributed by atoms with Gasteiger partial charge in [0.1, 0.15) is 0 Å². The number of nitrogens with one attached hydrogen (secondary N) is 2. The summed E-state index contributed by atoms with van der Waals surface area (Å²) < 4.78 is 0. The van der Waals surface area contributed by atoms with E-state index in [0.29, 0.717) is 10.7 Å². The Balaban J connectivity index is 1.53. The average molecular weight is 388 g/mol. The molecule has 0 aromatic heterocycles. The van der Waals surface area contributed by atoms with E-state index in [1.807, 2.05) is 42.5 Å². The predicted octanol–water partition coefficient (Wildman–Crippen LogP) is 5.21. The molecule has 0 bridgehead atoms. The fraction of sp³-hybridized carbons (Fsp3) is 0.0435. The zero-order valence-electron chi connectivity index (χ0n) is 15.0. The number of nitrogens with zero attached hydrogens (tertiary/aromatic N) is 1. The SMILES string of the molecule is O=C(CNc1ccccc1Cl)N/N=C\c1c2ccccc2cc2ccccc12. The second-order valence-corrected chi connectivity index (χ2v) is 6.77. The van der Waals surface area contributed by atoms with Crippen molar-refractivity contribution in [3.05, 3.63) is 89.4 Å². The fourth-order valence-electron chi connectivity index (χ4n) is 3.18. The Bertz CT molecular complexity index is 1130. The first-order valence-electron chi connectivity index (χ1n) is 8.93. The van der Waals surface area contributed by atoms with Gasteiger partial charge in [0.05, 0.1) is 23.5 Å². The Labute approximate surface area is 167 Å². The van der Waals surface area contributed by atoms with Crippen LogP contribution in [0.3, 0.4) is 0 Å². The van der Waals surface area contributed by atoms with Crippen LogP contribution in [0.15, 0.2) is 84.0 Å². The molecule has 4 rings (SSSR count). The third-order valence-electron chi connectivity index (χ3n) is 4.51. The van der Waals surface area contributed by atoms with Gasteiger partial charge in [0.25, 0.3) is 5.91 Å². The predicted molar refractivity (Wildman–Crippen MR) is 117 cm³/mol. The van der Waals surface area contributed by atoms with Crippen molar-refractivity contribution in [1.82, 2.24) is 5.43 Å². The Hall–Kier alpha value is -3.37. The van der Waals surface area contributed by atoms with Crippen molar-refractivity contribution in [3.63, 3.8) is 0 Å². The van der Waals surface area contributed by atoms with Gasteiger partial charge in [-0.2, -0.15) is 5.10 Å². The minimum absolute atomic E-state index is 0.0807. The number of anilines is 1. The zero-order valence-corrected chi connectivity index (χ0v) is 15.8. The summed E-state index contributed by atoms with van der Waals surface area (Å²) in [6.45, 7) is 0.0807. The molecule has 0 unspecified atom stereocenters. The lowest BCUT2D eigenvalue weighted by Gasteiger charge is -2.08. The van der Waals surface area contributed by atoms with Gasteiger partial charge in [-0.15, -0.1) is 0 Å². The van der Waals surface area contributed by atoms with Crippen LogP contribution in [0.4, 0.5) is 5.69 Å². The molecule has 0 aliphatic rings. The van der Waals surface area contributed by atoms with Crippen molar-refractivity contribution < 1.29 is 4.79 Å². The van der Waals surface area contributed by atoms with E-state index >= 15 is 0 Å². The molecule has 0 heterocycles. The van der Waals surface area contributed by atoms with Crippen molar-refractivity contribution in [1.29, 1.82) is 0 Å². The van der Waals surface area contributed by atoms with E-state index in [4.69, 9.17) is 11.6 Å². The highest BCUT2D eigenvalue weighted by atomic mass is 35.5. The molecule has 0 fully saturated rings. The number of para-hydroxylation sites is 1. The quantitative estimate of drug-likeness (QED) is 0.280. The van der Waals surface area contributed by atoms with Gasteiger partial charge < -0.3 is 5.32 Å². The highest BCUT2D eigenvalue weighted by Gasteiger charge is 2.06. The van der Waals surface area contributed by atoms with Gasteiger partial charge in [0, 0.05) is 5.56 Å². The number of fused-ring (bicyclic) bond motifs is 2. The second-order valence-electron chi connectivity index (χ2n) is 6.36. The third-order valence-corrected chi connectivity index (χ3v) is 4.84. The van der Waals surface area contributed by atoms with Crippen LogP contribution in [0.2, 0.25) is 5.02 Å². The summed E-state index contributed by atoms with van der Waals surface area (Å²) in [4.78, 5) is 12.1. The summed E-state index contributed by atoms with van der Waals surface area (Å²) in [5.74, 6) is -0.249. The van der Waals surface area contributed by atoms with Crippen molar-refractivity contribution in [2.75, 3.05) is 11.9 Å². The van der Waals surface area contributed by atoms with Gasteiger partial charge in [-0.1, -0.05) is 72.3 Å². The van der Waals surface area contributed by atoms with Gasteiger partial charge in [0.15, 0.2) is 0 Å². The van der Waals surface area contributed by atoms with E-state index in [0.717, 1.165) is 27.1 Å². The number of halogens is 1. The number of hydrazone groups is 1. The Morgan fingerprint density at radius 3 is 2.18 bits per heavy atom. The van der Waals surface area contributed by atoms with Crippen LogP contribution in [-0.2, 0) is 4.79 Å². The van der Waals surface area contributed by atoms with E-state index in [9.17, 15) is 4.79 Å². The molecule has 2 N–H and O–H groups in total. The molecule has 1 amide bonds. The zero-order chi connectivity index (χ0) is 19.3. The summed E-state index contributed by atoms with van der Waals surface area (Å²) in [5, 5.41) is 12.2. The Morgan fingerprint density at radius 2 is 1.50 bits per heavy atom. The topological polar surface area (TPSA) is 53.5 Å². The number of hydrogen-bond donors (Lipinski definition) is 2. The first kappa shape index (κ1) is 18.0. The van der Waals surface area contributed by atoms with Gasteiger partial charge >= 0.3 is 0 Å². The summed E-state index contributed by atoms with van der Waals surface area (Å²) in [7, 11) is 0. The lowest BCUT2D eigenvalue weighted by atomic mass is 9.97. The molecule has 0 radical (unpaired) electrons. The molecule has 0 saturated heterocycles. The van der Waals surface area contributed by atoms with E-state index in [1.54, 1.807) is 12.3 Å². The monoisotopic (exact) mass is 387 g/mol. The molecule has 5 heteroatoms. The first-order valence-corrected chi connectivity index (χ1v) is 9.31.